The van der Waals surface area contributed by atoms with Crippen LogP contribution in [0.25, 0.3) is 0 Å². The van der Waals surface area contributed by atoms with E-state index < -0.39 is 25.5 Å². The number of carbonyl (C=O) groups excluding carboxylic acids is 1. The molecular weight excluding hydrogens is 506 g/mol. The molecule has 0 atom stereocenters. The number of primary sulfonamides is 1. The standard InChI is InChI=1S/C23H23N5O8S/c1-34-17-6-4-16(5-7-17)26-23(29)14-36-21-10-3-15(11-22(21)35-2)13-25-27-19-9-8-18(37(24,32)33)12-20(19)28(30)31/h3-13,27H,14H2,1-2H3,(H,26,29)(H2,24,32,33)/b25-13+. The van der Waals surface area contributed by atoms with Crippen molar-refractivity contribution in [3.63, 3.8) is 0 Å². The van der Waals surface area contributed by atoms with Crippen LogP contribution in [0.5, 0.6) is 17.2 Å². The molecule has 0 aromatic heterocycles. The number of ether oxygens (including phenoxy) is 3. The van der Waals surface area contributed by atoms with Crippen molar-refractivity contribution in [2.24, 2.45) is 10.2 Å². The maximum Gasteiger partial charge on any atom is 0.295 e. The Morgan fingerprint density at radius 3 is 2.41 bits per heavy atom. The summed E-state index contributed by atoms with van der Waals surface area (Å²) in [5.74, 6) is 0.921. The van der Waals surface area contributed by atoms with Gasteiger partial charge >= 0.3 is 0 Å². The minimum Gasteiger partial charge on any atom is -0.497 e. The highest BCUT2D eigenvalue weighted by Crippen LogP contribution is 2.29. The van der Waals surface area contributed by atoms with E-state index >= 15 is 0 Å². The zero-order chi connectivity index (χ0) is 27.0. The summed E-state index contributed by atoms with van der Waals surface area (Å²) < 4.78 is 38.8. The highest BCUT2D eigenvalue weighted by Gasteiger charge is 2.19. The summed E-state index contributed by atoms with van der Waals surface area (Å²) in [7, 11) is -1.13. The number of benzene rings is 3. The van der Waals surface area contributed by atoms with E-state index in [1.165, 1.54) is 19.4 Å². The quantitative estimate of drug-likeness (QED) is 0.191. The Balaban J connectivity index is 1.64. The molecular formula is C23H23N5O8S. The number of sulfonamides is 1. The van der Waals surface area contributed by atoms with Crippen molar-refractivity contribution in [1.29, 1.82) is 0 Å². The number of anilines is 2. The number of hydrazone groups is 1. The predicted molar refractivity (Wildman–Crippen MR) is 136 cm³/mol. The monoisotopic (exact) mass is 529 g/mol. The van der Waals surface area contributed by atoms with Crippen LogP contribution in [0.4, 0.5) is 17.1 Å². The number of nitro groups is 1. The molecule has 0 fully saturated rings. The van der Waals surface area contributed by atoms with E-state index in [1.54, 1.807) is 49.6 Å². The second-order valence-corrected chi connectivity index (χ2v) is 8.89. The van der Waals surface area contributed by atoms with Gasteiger partial charge in [-0.1, -0.05) is 0 Å². The van der Waals surface area contributed by atoms with Crippen molar-refractivity contribution in [3.05, 3.63) is 76.3 Å². The van der Waals surface area contributed by atoms with Crippen LogP contribution in [0.3, 0.4) is 0 Å². The maximum absolute atomic E-state index is 12.2. The van der Waals surface area contributed by atoms with Gasteiger partial charge in [0.1, 0.15) is 11.4 Å². The lowest BCUT2D eigenvalue weighted by atomic mass is 10.2. The first-order valence-electron chi connectivity index (χ1n) is 10.5. The molecule has 0 heterocycles. The van der Waals surface area contributed by atoms with E-state index in [0.717, 1.165) is 12.1 Å². The van der Waals surface area contributed by atoms with Crippen LogP contribution in [-0.2, 0) is 14.8 Å². The number of nitrogens with one attached hydrogen (secondary N) is 2. The topological polar surface area (TPSA) is 184 Å². The smallest absolute Gasteiger partial charge is 0.295 e. The molecule has 0 aliphatic heterocycles. The third-order valence-electron chi connectivity index (χ3n) is 4.81. The zero-order valence-electron chi connectivity index (χ0n) is 19.7. The first-order chi connectivity index (χ1) is 17.6. The second kappa shape index (κ2) is 11.8. The Kier molecular flexibility index (Phi) is 8.60. The van der Waals surface area contributed by atoms with E-state index in [2.05, 4.69) is 15.8 Å². The molecule has 0 unspecified atom stereocenters. The third-order valence-corrected chi connectivity index (χ3v) is 5.72. The van der Waals surface area contributed by atoms with Gasteiger partial charge in [0.05, 0.1) is 30.3 Å². The molecule has 0 saturated heterocycles. The van der Waals surface area contributed by atoms with Crippen LogP contribution in [0.15, 0.2) is 70.7 Å². The van der Waals surface area contributed by atoms with Gasteiger partial charge in [-0.05, 0) is 60.2 Å². The lowest BCUT2D eigenvalue weighted by Gasteiger charge is -2.11. The van der Waals surface area contributed by atoms with E-state index in [9.17, 15) is 23.3 Å². The molecule has 37 heavy (non-hydrogen) atoms. The zero-order valence-corrected chi connectivity index (χ0v) is 20.5. The van der Waals surface area contributed by atoms with Crippen LogP contribution < -0.4 is 30.1 Å². The number of methoxy groups -OCH3 is 2. The Hall–Kier alpha value is -4.69. The maximum atomic E-state index is 12.2. The molecule has 0 radical (unpaired) electrons. The molecule has 194 valence electrons. The number of nitrogens with two attached hydrogens (primary N) is 1. The molecule has 3 aromatic carbocycles. The van der Waals surface area contributed by atoms with Gasteiger partial charge in [-0.25, -0.2) is 13.6 Å². The third kappa shape index (κ3) is 7.39. The highest BCUT2D eigenvalue weighted by atomic mass is 32.2. The number of hydrogen-bond donors (Lipinski definition) is 3. The van der Waals surface area contributed by atoms with E-state index in [1.807, 2.05) is 0 Å². The summed E-state index contributed by atoms with van der Waals surface area (Å²) in [4.78, 5) is 22.4. The fourth-order valence-electron chi connectivity index (χ4n) is 3.01. The molecule has 0 spiro atoms. The first-order valence-corrected chi connectivity index (χ1v) is 12.0. The number of amides is 1. The molecule has 13 nitrogen and oxygen atoms in total. The van der Waals surface area contributed by atoms with Crippen LogP contribution in [0.2, 0.25) is 0 Å². The predicted octanol–water partition coefficient (Wildman–Crippen LogP) is 2.72. The van der Waals surface area contributed by atoms with Gasteiger partial charge in [0.15, 0.2) is 18.1 Å². The van der Waals surface area contributed by atoms with Gasteiger partial charge in [-0.2, -0.15) is 5.10 Å². The van der Waals surface area contributed by atoms with Crippen molar-refractivity contribution in [2.75, 3.05) is 31.6 Å². The Morgan fingerprint density at radius 1 is 1.05 bits per heavy atom. The average molecular weight is 530 g/mol. The minimum atomic E-state index is -4.11. The average Bonchev–Trinajstić information content (AvgIpc) is 2.87. The van der Waals surface area contributed by atoms with E-state index in [-0.39, 0.29) is 18.2 Å². The van der Waals surface area contributed by atoms with Crippen molar-refractivity contribution < 1.29 is 32.3 Å². The molecule has 4 N–H and O–H groups in total. The summed E-state index contributed by atoms with van der Waals surface area (Å²) in [5.41, 5.74) is 3.08. The van der Waals surface area contributed by atoms with Crippen molar-refractivity contribution in [1.82, 2.24) is 0 Å². The van der Waals surface area contributed by atoms with E-state index in [4.69, 9.17) is 19.3 Å². The Morgan fingerprint density at radius 2 is 1.78 bits per heavy atom. The van der Waals surface area contributed by atoms with Gasteiger partial charge in [0.2, 0.25) is 10.0 Å². The fourth-order valence-corrected chi connectivity index (χ4v) is 3.54. The minimum absolute atomic E-state index is 0.0385. The molecule has 0 bridgehead atoms. The van der Waals surface area contributed by atoms with Gasteiger partial charge in [-0.15, -0.1) is 0 Å². The van der Waals surface area contributed by atoms with Crippen molar-refractivity contribution in [3.8, 4) is 17.2 Å². The summed E-state index contributed by atoms with van der Waals surface area (Å²) in [6.07, 6.45) is 1.36. The van der Waals surface area contributed by atoms with E-state index in [0.29, 0.717) is 28.5 Å². The second-order valence-electron chi connectivity index (χ2n) is 7.33. The van der Waals surface area contributed by atoms with Crippen LogP contribution in [-0.4, -0.2) is 46.3 Å². The Labute approximate surface area is 212 Å². The number of nitro benzene ring substituents is 1. The molecule has 0 aliphatic rings. The summed E-state index contributed by atoms with van der Waals surface area (Å²) in [5, 5.41) is 23.0. The van der Waals surface area contributed by atoms with Gasteiger partial charge in [0, 0.05) is 11.8 Å². The van der Waals surface area contributed by atoms with Crippen molar-refractivity contribution >= 4 is 39.2 Å². The van der Waals surface area contributed by atoms with Gasteiger partial charge in [-0.3, -0.25) is 20.3 Å². The SMILES string of the molecule is COc1ccc(NC(=O)COc2ccc(/C=N/Nc3ccc(S(N)(=O)=O)cc3[N+](=O)[O-])cc2OC)cc1. The summed E-state index contributed by atoms with van der Waals surface area (Å²) >= 11 is 0. The summed E-state index contributed by atoms with van der Waals surface area (Å²) in [6.45, 7) is -0.268. The van der Waals surface area contributed by atoms with Gasteiger partial charge < -0.3 is 19.5 Å². The molecule has 1 amide bonds. The number of rotatable bonds is 11. The van der Waals surface area contributed by atoms with Crippen LogP contribution in [0.1, 0.15) is 5.56 Å². The summed E-state index contributed by atoms with van der Waals surface area (Å²) in [6, 6.07) is 14.8. The molecule has 14 heteroatoms. The number of hydrogen-bond acceptors (Lipinski definition) is 10. The van der Waals surface area contributed by atoms with Crippen LogP contribution >= 0.6 is 0 Å². The largest absolute Gasteiger partial charge is 0.497 e. The first kappa shape index (κ1) is 26.9. The van der Waals surface area contributed by atoms with Crippen molar-refractivity contribution in [2.45, 2.75) is 4.90 Å². The van der Waals surface area contributed by atoms with Crippen LogP contribution in [0, 0.1) is 10.1 Å². The number of carbonyl (C=O) groups is 1. The Bertz CT molecular complexity index is 1430. The molecule has 0 saturated carbocycles. The lowest BCUT2D eigenvalue weighted by Crippen LogP contribution is -2.20. The molecule has 0 aliphatic carbocycles. The molecule has 3 rings (SSSR count). The highest BCUT2D eigenvalue weighted by molar-refractivity contribution is 7.89. The normalized spacial score (nSPS) is 11.1. The lowest BCUT2D eigenvalue weighted by molar-refractivity contribution is -0.384. The van der Waals surface area contributed by atoms with Gasteiger partial charge in [0.25, 0.3) is 11.6 Å². The number of nitrogens with zero attached hydrogens (tertiary/aromatic N) is 2. The fraction of sp³-hybridized carbons (Fsp3) is 0.130. The molecule has 3 aromatic rings.